The molecular weight excluding hydrogens is 224 g/mol. The van der Waals surface area contributed by atoms with Crippen LogP contribution in [0.15, 0.2) is 12.5 Å². The zero-order valence-corrected chi connectivity index (χ0v) is 9.70. The van der Waals surface area contributed by atoms with Crippen LogP contribution in [0.5, 0.6) is 0 Å². The Balaban J connectivity index is 1.71. The SMILES string of the molecule is NC1(c2cn(C3CCC(F)(F)CC3)cn2)CC1. The van der Waals surface area contributed by atoms with Crippen LogP contribution in [0.3, 0.4) is 0 Å². The van der Waals surface area contributed by atoms with Gasteiger partial charge in [-0.15, -0.1) is 0 Å². The van der Waals surface area contributed by atoms with Crippen LogP contribution in [0.4, 0.5) is 8.78 Å². The average molecular weight is 241 g/mol. The quantitative estimate of drug-likeness (QED) is 0.864. The van der Waals surface area contributed by atoms with Crippen molar-refractivity contribution in [2.45, 2.75) is 56.0 Å². The van der Waals surface area contributed by atoms with E-state index in [-0.39, 0.29) is 24.4 Å². The minimum absolute atomic E-state index is 0.0149. The molecule has 0 aliphatic heterocycles. The third-order valence-electron chi connectivity index (χ3n) is 4.01. The molecule has 0 aromatic carbocycles. The minimum Gasteiger partial charge on any atom is -0.334 e. The first-order chi connectivity index (χ1) is 7.99. The van der Waals surface area contributed by atoms with Crippen LogP contribution < -0.4 is 5.73 Å². The molecule has 0 bridgehead atoms. The van der Waals surface area contributed by atoms with E-state index in [2.05, 4.69) is 4.98 Å². The summed E-state index contributed by atoms with van der Waals surface area (Å²) in [6.45, 7) is 0. The fourth-order valence-electron chi connectivity index (χ4n) is 2.51. The molecule has 5 heteroatoms. The molecule has 0 amide bonds. The van der Waals surface area contributed by atoms with Gasteiger partial charge in [-0.1, -0.05) is 0 Å². The van der Waals surface area contributed by atoms with Gasteiger partial charge in [0.05, 0.1) is 17.6 Å². The van der Waals surface area contributed by atoms with Crippen LogP contribution in [-0.2, 0) is 5.54 Å². The Morgan fingerprint density at radius 1 is 1.24 bits per heavy atom. The highest BCUT2D eigenvalue weighted by Crippen LogP contribution is 2.43. The predicted octanol–water partition coefficient (Wildman–Crippen LogP) is 2.58. The highest BCUT2D eigenvalue weighted by Gasteiger charge is 2.42. The molecule has 0 radical (unpaired) electrons. The van der Waals surface area contributed by atoms with Crippen molar-refractivity contribution >= 4 is 0 Å². The lowest BCUT2D eigenvalue weighted by molar-refractivity contribution is -0.0439. The second kappa shape index (κ2) is 3.51. The maximum atomic E-state index is 13.1. The Bertz CT molecular complexity index is 413. The molecular formula is C12H17F2N3. The van der Waals surface area contributed by atoms with Crippen LogP contribution >= 0.6 is 0 Å². The maximum absolute atomic E-state index is 13.1. The summed E-state index contributed by atoms with van der Waals surface area (Å²) in [7, 11) is 0. The van der Waals surface area contributed by atoms with E-state index in [9.17, 15) is 8.78 Å². The van der Waals surface area contributed by atoms with E-state index >= 15 is 0 Å². The Labute approximate surface area is 99.0 Å². The second-order valence-electron chi connectivity index (χ2n) is 5.45. The summed E-state index contributed by atoms with van der Waals surface area (Å²) in [6.07, 6.45) is 6.68. The Morgan fingerprint density at radius 3 is 2.47 bits per heavy atom. The third-order valence-corrected chi connectivity index (χ3v) is 4.01. The summed E-state index contributed by atoms with van der Waals surface area (Å²) >= 11 is 0. The molecule has 0 spiro atoms. The molecule has 1 heterocycles. The Hall–Kier alpha value is -0.970. The zero-order valence-electron chi connectivity index (χ0n) is 9.70. The number of nitrogens with two attached hydrogens (primary N) is 1. The largest absolute Gasteiger partial charge is 0.334 e. The zero-order chi connectivity index (χ0) is 12.1. The van der Waals surface area contributed by atoms with Crippen LogP contribution in [0.1, 0.15) is 50.3 Å². The van der Waals surface area contributed by atoms with E-state index in [4.69, 9.17) is 5.73 Å². The van der Waals surface area contributed by atoms with E-state index in [0.29, 0.717) is 12.8 Å². The van der Waals surface area contributed by atoms with Crippen molar-refractivity contribution < 1.29 is 8.78 Å². The van der Waals surface area contributed by atoms with Crippen molar-refractivity contribution in [3.05, 3.63) is 18.2 Å². The van der Waals surface area contributed by atoms with E-state index in [0.717, 1.165) is 18.5 Å². The molecule has 2 aliphatic carbocycles. The van der Waals surface area contributed by atoms with Crippen molar-refractivity contribution in [2.75, 3.05) is 0 Å². The number of aromatic nitrogens is 2. The van der Waals surface area contributed by atoms with Gasteiger partial charge in [0.2, 0.25) is 5.92 Å². The van der Waals surface area contributed by atoms with Gasteiger partial charge < -0.3 is 10.3 Å². The molecule has 1 aromatic rings. The third kappa shape index (κ3) is 2.08. The van der Waals surface area contributed by atoms with Gasteiger partial charge in [-0.2, -0.15) is 0 Å². The molecule has 1 aromatic heterocycles. The van der Waals surface area contributed by atoms with Gasteiger partial charge in [0.25, 0.3) is 0 Å². The number of hydrogen-bond acceptors (Lipinski definition) is 2. The monoisotopic (exact) mass is 241 g/mol. The average Bonchev–Trinajstić information content (AvgIpc) is 2.84. The number of imidazole rings is 1. The first-order valence-corrected chi connectivity index (χ1v) is 6.19. The molecule has 94 valence electrons. The molecule has 2 fully saturated rings. The smallest absolute Gasteiger partial charge is 0.248 e. The summed E-state index contributed by atoms with van der Waals surface area (Å²) in [6, 6.07) is 0.165. The van der Waals surface area contributed by atoms with Crippen LogP contribution in [0.25, 0.3) is 0 Å². The lowest BCUT2D eigenvalue weighted by atomic mass is 9.92. The fourth-order valence-corrected chi connectivity index (χ4v) is 2.51. The van der Waals surface area contributed by atoms with Gasteiger partial charge in [0, 0.05) is 25.1 Å². The molecule has 0 atom stereocenters. The van der Waals surface area contributed by atoms with Crippen molar-refractivity contribution in [2.24, 2.45) is 5.73 Å². The Kier molecular flexibility index (Phi) is 2.30. The summed E-state index contributed by atoms with van der Waals surface area (Å²) in [4.78, 5) is 4.31. The van der Waals surface area contributed by atoms with Crippen molar-refractivity contribution in [3.8, 4) is 0 Å². The lowest BCUT2D eigenvalue weighted by Crippen LogP contribution is -2.26. The number of rotatable bonds is 2. The van der Waals surface area contributed by atoms with Crippen LogP contribution in [-0.4, -0.2) is 15.5 Å². The van der Waals surface area contributed by atoms with Crippen molar-refractivity contribution in [3.63, 3.8) is 0 Å². The topological polar surface area (TPSA) is 43.8 Å². The molecule has 2 aliphatic rings. The molecule has 3 rings (SSSR count). The fraction of sp³-hybridized carbons (Fsp3) is 0.750. The van der Waals surface area contributed by atoms with E-state index in [1.165, 1.54) is 0 Å². The standard InChI is InChI=1S/C12H17F2N3/c13-12(14)3-1-9(2-4-12)17-7-10(16-8-17)11(15)5-6-11/h7-9H,1-6,15H2. The van der Waals surface area contributed by atoms with Gasteiger partial charge in [-0.05, 0) is 25.7 Å². The summed E-state index contributed by atoms with van der Waals surface area (Å²) in [5.74, 6) is -2.47. The number of alkyl halides is 2. The lowest BCUT2D eigenvalue weighted by Gasteiger charge is -2.28. The predicted molar refractivity (Wildman–Crippen MR) is 59.8 cm³/mol. The summed E-state index contributed by atoms with van der Waals surface area (Å²) < 4.78 is 28.1. The van der Waals surface area contributed by atoms with Crippen molar-refractivity contribution in [1.82, 2.24) is 9.55 Å². The molecule has 2 saturated carbocycles. The Morgan fingerprint density at radius 2 is 1.88 bits per heavy atom. The molecule has 17 heavy (non-hydrogen) atoms. The van der Waals surface area contributed by atoms with Crippen LogP contribution in [0, 0.1) is 0 Å². The highest BCUT2D eigenvalue weighted by atomic mass is 19.3. The maximum Gasteiger partial charge on any atom is 0.248 e. The van der Waals surface area contributed by atoms with Gasteiger partial charge in [0.15, 0.2) is 0 Å². The first-order valence-electron chi connectivity index (χ1n) is 6.19. The number of nitrogens with zero attached hydrogens (tertiary/aromatic N) is 2. The summed E-state index contributed by atoms with van der Waals surface area (Å²) in [5.41, 5.74) is 6.74. The van der Waals surface area contributed by atoms with Gasteiger partial charge in [-0.3, -0.25) is 0 Å². The molecule has 3 nitrogen and oxygen atoms in total. The highest BCUT2D eigenvalue weighted by molar-refractivity contribution is 5.19. The van der Waals surface area contributed by atoms with Crippen LogP contribution in [0.2, 0.25) is 0 Å². The van der Waals surface area contributed by atoms with E-state index in [1.54, 1.807) is 6.33 Å². The van der Waals surface area contributed by atoms with E-state index < -0.39 is 5.92 Å². The number of halogens is 2. The first kappa shape index (κ1) is 11.1. The van der Waals surface area contributed by atoms with Crippen molar-refractivity contribution in [1.29, 1.82) is 0 Å². The molecule has 2 N–H and O–H groups in total. The molecule has 0 unspecified atom stereocenters. The molecule has 0 saturated heterocycles. The van der Waals surface area contributed by atoms with Gasteiger partial charge >= 0.3 is 0 Å². The van der Waals surface area contributed by atoms with Gasteiger partial charge in [0.1, 0.15) is 0 Å². The second-order valence-corrected chi connectivity index (χ2v) is 5.45. The van der Waals surface area contributed by atoms with E-state index in [1.807, 2.05) is 10.8 Å². The minimum atomic E-state index is -2.47. The summed E-state index contributed by atoms with van der Waals surface area (Å²) in [5, 5.41) is 0. The van der Waals surface area contributed by atoms with Gasteiger partial charge in [-0.25, -0.2) is 13.8 Å². The number of hydrogen-bond donors (Lipinski definition) is 1. The normalized spacial score (nSPS) is 27.0.